The summed E-state index contributed by atoms with van der Waals surface area (Å²) in [5.74, 6) is 0. The van der Waals surface area contributed by atoms with Crippen molar-refractivity contribution in [2.24, 2.45) is 0 Å². The second-order valence-corrected chi connectivity index (χ2v) is 14.0. The number of pyridine rings is 1. The first-order valence-electron chi connectivity index (χ1n) is 16.0. The van der Waals surface area contributed by atoms with Crippen LogP contribution in [0.1, 0.15) is 51.9 Å². The predicted molar refractivity (Wildman–Crippen MR) is 187 cm³/mol. The highest BCUT2D eigenvalue weighted by atomic mass is 16.1. The van der Waals surface area contributed by atoms with Crippen molar-refractivity contribution in [1.29, 1.82) is 0 Å². The van der Waals surface area contributed by atoms with Gasteiger partial charge in [0.1, 0.15) is 0 Å². The summed E-state index contributed by atoms with van der Waals surface area (Å²) in [6, 6.07) is 24.3. The van der Waals surface area contributed by atoms with Crippen LogP contribution in [-0.2, 0) is 12.8 Å². The quantitative estimate of drug-likeness (QED) is 0.152. The Bertz CT molecular complexity index is 3160. The van der Waals surface area contributed by atoms with Crippen LogP contribution in [0.25, 0.3) is 86.3 Å². The number of aryl methyl sites for hydroxylation is 2. The second-order valence-electron chi connectivity index (χ2n) is 14.0. The zero-order valence-electron chi connectivity index (χ0n) is 25.1. The van der Waals surface area contributed by atoms with E-state index < -0.39 is 0 Å². The molecule has 0 aliphatic heterocycles. The van der Waals surface area contributed by atoms with E-state index >= 15 is 4.79 Å². The lowest BCUT2D eigenvalue weighted by Gasteiger charge is -2.24. The van der Waals surface area contributed by atoms with Crippen molar-refractivity contribution in [1.82, 2.24) is 4.57 Å². The number of benzene rings is 7. The monoisotopic (exact) mass is 575 g/mol. The van der Waals surface area contributed by atoms with Crippen molar-refractivity contribution in [3.8, 4) is 0 Å². The minimum absolute atomic E-state index is 0.0451. The van der Waals surface area contributed by atoms with E-state index in [0.717, 1.165) is 77.1 Å². The second kappa shape index (κ2) is 7.00. The molecule has 9 aromatic carbocycles. The van der Waals surface area contributed by atoms with Gasteiger partial charge in [0.05, 0.1) is 16.9 Å². The molecule has 0 N–H and O–H groups in total. The van der Waals surface area contributed by atoms with Crippen molar-refractivity contribution in [2.75, 3.05) is 0 Å². The lowest BCUT2D eigenvalue weighted by atomic mass is 9.88. The highest BCUT2D eigenvalue weighted by Gasteiger charge is 2.34. The average Bonchev–Trinajstić information content (AvgIpc) is 3.67. The van der Waals surface area contributed by atoms with Crippen LogP contribution in [0.5, 0.6) is 0 Å². The first kappa shape index (κ1) is 23.1. The van der Waals surface area contributed by atoms with E-state index in [9.17, 15) is 4.79 Å². The van der Waals surface area contributed by atoms with Gasteiger partial charge < -0.3 is 0 Å². The molecule has 0 saturated heterocycles. The molecule has 0 fully saturated rings. The molecule has 11 aromatic rings. The fourth-order valence-corrected chi connectivity index (χ4v) is 9.87. The summed E-state index contributed by atoms with van der Waals surface area (Å²) in [6.07, 6.45) is 1.47. The lowest BCUT2D eigenvalue weighted by Crippen LogP contribution is -2.25. The van der Waals surface area contributed by atoms with Crippen LogP contribution in [0, 0.1) is 13.8 Å². The van der Waals surface area contributed by atoms with Gasteiger partial charge in [-0.2, -0.15) is 0 Å². The van der Waals surface area contributed by atoms with Gasteiger partial charge in [0.15, 0.2) is 5.43 Å². The summed E-state index contributed by atoms with van der Waals surface area (Å²) in [6.45, 7) is 6.44. The largest absolute Gasteiger partial charge is 0.300 e. The fourth-order valence-electron chi connectivity index (χ4n) is 9.87. The van der Waals surface area contributed by atoms with Crippen LogP contribution in [0.2, 0.25) is 0 Å². The van der Waals surface area contributed by atoms with Crippen molar-refractivity contribution in [3.63, 3.8) is 0 Å². The van der Waals surface area contributed by atoms with Crippen LogP contribution >= 0.6 is 0 Å². The van der Waals surface area contributed by atoms with Crippen molar-refractivity contribution >= 4 is 86.3 Å². The number of fused-ring (bicyclic) bond motifs is 1. The summed E-state index contributed by atoms with van der Waals surface area (Å²) in [4.78, 5) is 30.1. The van der Waals surface area contributed by atoms with Gasteiger partial charge in [-0.1, -0.05) is 60.7 Å². The summed E-state index contributed by atoms with van der Waals surface area (Å²) in [5.41, 5.74) is 9.22. The van der Waals surface area contributed by atoms with Crippen molar-refractivity contribution in [3.05, 3.63) is 126 Å². The molecule has 2 aromatic heterocycles. The Balaban J connectivity index is 1.50. The highest BCUT2D eigenvalue weighted by molar-refractivity contribution is 6.51. The summed E-state index contributed by atoms with van der Waals surface area (Å²) in [7, 11) is 0. The maximum atomic E-state index is 15.6. The molecule has 0 radical (unpaired) electrons. The first-order valence-corrected chi connectivity index (χ1v) is 16.0. The number of nitrogens with zero attached hydrogens (tertiary/aromatic N) is 1. The first-order chi connectivity index (χ1) is 21.9. The third-order valence-corrected chi connectivity index (χ3v) is 11.9. The van der Waals surface area contributed by atoms with Crippen LogP contribution < -0.4 is 11.0 Å². The average molecular weight is 576 g/mol. The maximum absolute atomic E-state index is 15.6. The number of hydrogen-bond acceptors (Lipinski definition) is 2. The van der Waals surface area contributed by atoms with Crippen molar-refractivity contribution < 1.29 is 0 Å². The minimum Gasteiger partial charge on any atom is -0.300 e. The lowest BCUT2D eigenvalue weighted by molar-refractivity contribution is 0.644. The Hall–Kier alpha value is -5.28. The van der Waals surface area contributed by atoms with E-state index in [1.54, 1.807) is 0 Å². The molecule has 0 saturated carbocycles. The zero-order chi connectivity index (χ0) is 29.8. The fraction of sp³-hybridized carbons (Fsp3) is 0.143. The van der Waals surface area contributed by atoms with Crippen molar-refractivity contribution in [2.45, 2.75) is 39.7 Å². The molecule has 0 amide bonds. The summed E-state index contributed by atoms with van der Waals surface area (Å²) < 4.78 is 2.07. The van der Waals surface area contributed by atoms with Gasteiger partial charge in [-0.05, 0) is 115 Å². The molecule has 2 aliphatic carbocycles. The van der Waals surface area contributed by atoms with Gasteiger partial charge >= 0.3 is 0 Å². The Kier molecular flexibility index (Phi) is 3.60. The topological polar surface area (TPSA) is 39.1 Å². The van der Waals surface area contributed by atoms with Crippen LogP contribution in [0.4, 0.5) is 0 Å². The molecule has 3 nitrogen and oxygen atoms in total. The molecule has 0 spiro atoms. The minimum atomic E-state index is -0.200. The molecule has 2 aliphatic rings. The molecular weight excluding hydrogens is 550 g/mol. The Labute approximate surface area is 256 Å². The molecule has 3 heteroatoms. The normalized spacial score (nSPS) is 14.9. The van der Waals surface area contributed by atoms with Gasteiger partial charge in [0.25, 0.3) is 5.56 Å². The van der Waals surface area contributed by atoms with Crippen LogP contribution in [0.15, 0.2) is 76.3 Å². The standard InChI is InChI=1S/C42H25NO2/c1-17-4-5-20(10-18(17)2)19(3)43-40-24-9-8-23-13-26-15-25-11-21-6-7-22-12-27-16-28(14-24)41(44)34(27)37-30(22)29(21)35-31(25)32(26)36(33(23)40)39(38(35)37)42(43)45/h4-14,19H,15-16H2,1-3H3. The Morgan fingerprint density at radius 2 is 1.04 bits per heavy atom. The smallest absolute Gasteiger partial charge is 0.260 e. The van der Waals surface area contributed by atoms with Gasteiger partial charge in [0, 0.05) is 38.9 Å². The van der Waals surface area contributed by atoms with Crippen LogP contribution in [-0.4, -0.2) is 4.57 Å². The van der Waals surface area contributed by atoms with E-state index in [1.165, 1.54) is 54.6 Å². The third kappa shape index (κ3) is 2.33. The molecule has 1 unspecified atom stereocenters. The number of aromatic nitrogens is 1. The van der Waals surface area contributed by atoms with E-state index in [1.807, 2.05) is 0 Å². The SMILES string of the molecule is Cc1ccc(C(C)n2c(=O)c3c4c5c6cc7ccc(cc8c(=O)c9c(cc%10ccc%11cc(c5c5c%11c%10c9c35)C6)C8)c2c74)cc1C. The summed E-state index contributed by atoms with van der Waals surface area (Å²) in [5, 5.41) is 16.4. The third-order valence-electron chi connectivity index (χ3n) is 11.9. The van der Waals surface area contributed by atoms with Gasteiger partial charge in [-0.3, -0.25) is 14.2 Å². The Morgan fingerprint density at radius 1 is 0.511 bits per heavy atom. The molecular formula is C42H25NO2. The molecule has 210 valence electrons. The predicted octanol–water partition coefficient (Wildman–Crippen LogP) is 9.22. The molecule has 8 bridgehead atoms. The van der Waals surface area contributed by atoms with E-state index in [-0.39, 0.29) is 17.0 Å². The molecule has 1 atom stereocenters. The Morgan fingerprint density at radius 3 is 1.73 bits per heavy atom. The van der Waals surface area contributed by atoms with Gasteiger partial charge in [-0.15, -0.1) is 0 Å². The number of hydrogen-bond donors (Lipinski definition) is 0. The summed E-state index contributed by atoms with van der Waals surface area (Å²) >= 11 is 0. The van der Waals surface area contributed by atoms with E-state index in [0.29, 0.717) is 6.42 Å². The highest BCUT2D eigenvalue weighted by Crippen LogP contribution is 2.55. The number of rotatable bonds is 2. The molecule has 45 heavy (non-hydrogen) atoms. The maximum Gasteiger partial charge on any atom is 0.260 e. The zero-order valence-corrected chi connectivity index (χ0v) is 25.1. The van der Waals surface area contributed by atoms with Gasteiger partial charge in [-0.25, -0.2) is 0 Å². The van der Waals surface area contributed by atoms with E-state index in [4.69, 9.17) is 0 Å². The van der Waals surface area contributed by atoms with Crippen LogP contribution in [0.3, 0.4) is 0 Å². The molecule has 2 heterocycles. The van der Waals surface area contributed by atoms with E-state index in [2.05, 4.69) is 92.1 Å². The van der Waals surface area contributed by atoms with Gasteiger partial charge in [0.2, 0.25) is 0 Å². The molecule has 13 rings (SSSR count).